The van der Waals surface area contributed by atoms with E-state index in [0.717, 1.165) is 19.4 Å². The number of rotatable bonds is 3. The lowest BCUT2D eigenvalue weighted by Crippen LogP contribution is -2.51. The predicted octanol–water partition coefficient (Wildman–Crippen LogP) is 1.02. The zero-order valence-corrected chi connectivity index (χ0v) is 10.9. The average Bonchev–Trinajstić information content (AvgIpc) is 2.27. The van der Waals surface area contributed by atoms with Crippen LogP contribution in [0.1, 0.15) is 32.6 Å². The van der Waals surface area contributed by atoms with Gasteiger partial charge in [0.2, 0.25) is 0 Å². The summed E-state index contributed by atoms with van der Waals surface area (Å²) in [5.41, 5.74) is 0. The molecule has 1 saturated carbocycles. The molecule has 0 aromatic rings. The molecule has 1 aliphatic heterocycles. The van der Waals surface area contributed by atoms with Gasteiger partial charge in [-0.15, -0.1) is 0 Å². The van der Waals surface area contributed by atoms with Gasteiger partial charge in [0.25, 0.3) is 10.1 Å². The maximum absolute atomic E-state index is 11.4. The SMILES string of the molecule is CCOC1CC2C(CCCC2S(=O)(=O)O)CN1. The van der Waals surface area contributed by atoms with Crippen molar-refractivity contribution < 1.29 is 17.7 Å². The van der Waals surface area contributed by atoms with Crippen LogP contribution in [-0.4, -0.2) is 37.6 Å². The minimum atomic E-state index is -3.92. The third kappa shape index (κ3) is 2.99. The number of hydrogen-bond donors (Lipinski definition) is 2. The van der Waals surface area contributed by atoms with E-state index in [-0.39, 0.29) is 12.1 Å². The number of ether oxygens (including phenoxy) is 1. The molecule has 2 aliphatic rings. The Kier molecular flexibility index (Phi) is 4.07. The van der Waals surface area contributed by atoms with E-state index in [9.17, 15) is 13.0 Å². The van der Waals surface area contributed by atoms with Crippen molar-refractivity contribution in [2.75, 3.05) is 13.2 Å². The van der Waals surface area contributed by atoms with Crippen LogP contribution in [0.3, 0.4) is 0 Å². The van der Waals surface area contributed by atoms with Crippen LogP contribution in [0, 0.1) is 11.8 Å². The van der Waals surface area contributed by atoms with E-state index in [1.807, 2.05) is 6.92 Å². The Bertz CT molecular complexity index is 356. The Hall–Kier alpha value is -0.170. The van der Waals surface area contributed by atoms with Gasteiger partial charge in [0.1, 0.15) is 6.23 Å². The molecular weight excluding hydrogens is 242 g/mol. The van der Waals surface area contributed by atoms with Gasteiger partial charge in [-0.1, -0.05) is 6.42 Å². The molecule has 0 spiro atoms. The van der Waals surface area contributed by atoms with E-state index in [4.69, 9.17) is 4.74 Å². The first kappa shape index (κ1) is 13.3. The van der Waals surface area contributed by atoms with E-state index in [1.165, 1.54) is 0 Å². The van der Waals surface area contributed by atoms with Gasteiger partial charge in [-0.3, -0.25) is 9.87 Å². The molecule has 2 N–H and O–H groups in total. The van der Waals surface area contributed by atoms with Crippen molar-refractivity contribution >= 4 is 10.1 Å². The summed E-state index contributed by atoms with van der Waals surface area (Å²) in [6.45, 7) is 3.34. The zero-order valence-electron chi connectivity index (χ0n) is 10.1. The standard InChI is InChI=1S/C11H21NO4S/c1-2-16-11-6-9-8(7-12-11)4-3-5-10(9)17(13,14)15/h8-12H,2-7H2,1H3,(H,13,14,15). The first-order chi connectivity index (χ1) is 8.02. The summed E-state index contributed by atoms with van der Waals surface area (Å²) in [7, 11) is -3.92. The van der Waals surface area contributed by atoms with Crippen molar-refractivity contribution in [1.29, 1.82) is 0 Å². The molecular formula is C11H21NO4S. The smallest absolute Gasteiger partial charge is 0.268 e. The number of fused-ring (bicyclic) bond motifs is 1. The lowest BCUT2D eigenvalue weighted by Gasteiger charge is -2.42. The summed E-state index contributed by atoms with van der Waals surface area (Å²) in [6.07, 6.45) is 3.13. The lowest BCUT2D eigenvalue weighted by molar-refractivity contribution is -0.0198. The molecule has 17 heavy (non-hydrogen) atoms. The molecule has 0 amide bonds. The summed E-state index contributed by atoms with van der Waals surface area (Å²) >= 11 is 0. The van der Waals surface area contributed by atoms with Crippen molar-refractivity contribution in [3.8, 4) is 0 Å². The Balaban J connectivity index is 2.10. The normalized spacial score (nSPS) is 38.7. The molecule has 1 saturated heterocycles. The molecule has 0 aromatic heterocycles. The van der Waals surface area contributed by atoms with Crippen molar-refractivity contribution in [2.24, 2.45) is 11.8 Å². The van der Waals surface area contributed by atoms with Gasteiger partial charge in [0, 0.05) is 13.2 Å². The first-order valence-corrected chi connectivity index (χ1v) is 7.84. The van der Waals surface area contributed by atoms with Crippen LogP contribution in [0.2, 0.25) is 0 Å². The van der Waals surface area contributed by atoms with Crippen LogP contribution in [0.25, 0.3) is 0 Å². The van der Waals surface area contributed by atoms with Crippen LogP contribution >= 0.6 is 0 Å². The summed E-state index contributed by atoms with van der Waals surface area (Å²) in [5, 5.41) is 2.70. The Morgan fingerprint density at radius 1 is 1.41 bits per heavy atom. The molecule has 2 fully saturated rings. The maximum atomic E-state index is 11.4. The van der Waals surface area contributed by atoms with Crippen LogP contribution in [0.4, 0.5) is 0 Å². The molecule has 0 aromatic carbocycles. The average molecular weight is 263 g/mol. The zero-order chi connectivity index (χ0) is 12.5. The summed E-state index contributed by atoms with van der Waals surface area (Å²) in [6, 6.07) is 0. The van der Waals surface area contributed by atoms with Crippen molar-refractivity contribution in [3.63, 3.8) is 0 Å². The van der Waals surface area contributed by atoms with Crippen molar-refractivity contribution in [3.05, 3.63) is 0 Å². The third-order valence-corrected chi connectivity index (χ3v) is 5.34. The Morgan fingerprint density at radius 2 is 2.18 bits per heavy atom. The molecule has 4 atom stereocenters. The van der Waals surface area contributed by atoms with Crippen LogP contribution < -0.4 is 5.32 Å². The molecule has 100 valence electrons. The molecule has 6 heteroatoms. The van der Waals surface area contributed by atoms with E-state index in [2.05, 4.69) is 5.32 Å². The summed E-state index contributed by atoms with van der Waals surface area (Å²) in [5.74, 6) is 0.393. The van der Waals surface area contributed by atoms with Gasteiger partial charge in [-0.25, -0.2) is 0 Å². The second-order valence-corrected chi connectivity index (χ2v) is 6.63. The predicted molar refractivity (Wildman–Crippen MR) is 64.2 cm³/mol. The van der Waals surface area contributed by atoms with E-state index in [0.29, 0.717) is 25.4 Å². The molecule has 4 unspecified atom stereocenters. The Labute approximate surface area is 103 Å². The van der Waals surface area contributed by atoms with Gasteiger partial charge in [-0.2, -0.15) is 8.42 Å². The number of piperidine rings is 1. The molecule has 0 bridgehead atoms. The Morgan fingerprint density at radius 3 is 2.82 bits per heavy atom. The molecule has 0 radical (unpaired) electrons. The third-order valence-electron chi connectivity index (χ3n) is 3.99. The highest BCUT2D eigenvalue weighted by atomic mass is 32.2. The molecule has 1 heterocycles. The highest BCUT2D eigenvalue weighted by Gasteiger charge is 2.43. The topological polar surface area (TPSA) is 75.6 Å². The van der Waals surface area contributed by atoms with Crippen LogP contribution in [-0.2, 0) is 14.9 Å². The molecule has 2 rings (SSSR count). The van der Waals surface area contributed by atoms with Gasteiger partial charge < -0.3 is 4.74 Å². The number of nitrogens with one attached hydrogen (secondary N) is 1. The van der Waals surface area contributed by atoms with Crippen LogP contribution in [0.5, 0.6) is 0 Å². The van der Waals surface area contributed by atoms with Crippen molar-refractivity contribution in [1.82, 2.24) is 5.32 Å². The fraction of sp³-hybridized carbons (Fsp3) is 1.00. The maximum Gasteiger partial charge on any atom is 0.268 e. The quantitative estimate of drug-likeness (QED) is 0.743. The van der Waals surface area contributed by atoms with E-state index in [1.54, 1.807) is 0 Å². The lowest BCUT2D eigenvalue weighted by atomic mass is 9.75. The molecule has 1 aliphatic carbocycles. The minimum Gasteiger partial charge on any atom is -0.364 e. The summed E-state index contributed by atoms with van der Waals surface area (Å²) < 4.78 is 37.6. The van der Waals surface area contributed by atoms with Gasteiger partial charge >= 0.3 is 0 Å². The second-order valence-electron chi connectivity index (χ2n) is 5.00. The highest BCUT2D eigenvalue weighted by molar-refractivity contribution is 7.86. The summed E-state index contributed by atoms with van der Waals surface area (Å²) in [4.78, 5) is 0. The molecule has 5 nitrogen and oxygen atoms in total. The highest BCUT2D eigenvalue weighted by Crippen LogP contribution is 2.38. The monoisotopic (exact) mass is 263 g/mol. The van der Waals surface area contributed by atoms with Gasteiger partial charge in [-0.05, 0) is 38.0 Å². The van der Waals surface area contributed by atoms with Gasteiger partial charge in [0.15, 0.2) is 0 Å². The fourth-order valence-electron chi connectivity index (χ4n) is 3.22. The number of hydrogen-bond acceptors (Lipinski definition) is 4. The first-order valence-electron chi connectivity index (χ1n) is 6.33. The van der Waals surface area contributed by atoms with Gasteiger partial charge in [0.05, 0.1) is 5.25 Å². The van der Waals surface area contributed by atoms with E-state index >= 15 is 0 Å². The second kappa shape index (κ2) is 5.22. The minimum absolute atomic E-state index is 0.0385. The largest absolute Gasteiger partial charge is 0.364 e. The van der Waals surface area contributed by atoms with E-state index < -0.39 is 15.4 Å². The van der Waals surface area contributed by atoms with Crippen molar-refractivity contribution in [2.45, 2.75) is 44.1 Å². The fourth-order valence-corrected chi connectivity index (χ4v) is 4.46. The van der Waals surface area contributed by atoms with Crippen LogP contribution in [0.15, 0.2) is 0 Å².